The molecule has 0 amide bonds. The highest BCUT2D eigenvalue weighted by Crippen LogP contribution is 2.63. The van der Waals surface area contributed by atoms with Gasteiger partial charge in [-0.1, -0.05) is 121 Å². The Balaban J connectivity index is 0.827. The fourth-order valence-corrected chi connectivity index (χ4v) is 10.6. The molecule has 0 aliphatic heterocycles. The standard InChI is InChI=1S/C55H51ClO10/c1-4-51(57)65-33-29-61-27-31-63-40-22-17-37(18-23-40)54(44-13-7-5-11-42(44)43-12-6-8-14-45(43)54)38-19-24-41(25-20-38)64-32-28-62-30-34-66-52(58)50-36-53(59-2)46-15-9-10-16-47(46)55(50,60-3)48-26-21-39(56)35-49(48)53/h4-26,35,50H,1,27-34,36H2,2-3H3. The second-order valence-corrected chi connectivity index (χ2v) is 16.8. The second-order valence-electron chi connectivity index (χ2n) is 16.3. The molecule has 4 aliphatic carbocycles. The van der Waals surface area contributed by atoms with Gasteiger partial charge in [0.25, 0.3) is 0 Å². The summed E-state index contributed by atoms with van der Waals surface area (Å²) in [7, 11) is 3.30. The molecule has 66 heavy (non-hydrogen) atoms. The van der Waals surface area contributed by atoms with E-state index in [0.29, 0.717) is 43.6 Å². The third-order valence-electron chi connectivity index (χ3n) is 13.1. The number of halogens is 1. The summed E-state index contributed by atoms with van der Waals surface area (Å²) >= 11 is 6.50. The molecule has 10 nitrogen and oxygen atoms in total. The molecule has 0 N–H and O–H groups in total. The molecule has 11 heteroatoms. The van der Waals surface area contributed by atoms with E-state index in [-0.39, 0.29) is 32.4 Å². The predicted molar refractivity (Wildman–Crippen MR) is 250 cm³/mol. The number of hydrogen-bond donors (Lipinski definition) is 0. The van der Waals surface area contributed by atoms with Crippen LogP contribution < -0.4 is 9.47 Å². The number of benzene rings is 6. The Labute approximate surface area is 389 Å². The van der Waals surface area contributed by atoms with Crippen molar-refractivity contribution >= 4 is 23.5 Å². The quantitative estimate of drug-likeness (QED) is 0.0417. The summed E-state index contributed by atoms with van der Waals surface area (Å²) in [6.45, 7) is 5.40. The van der Waals surface area contributed by atoms with Crippen LogP contribution in [0.5, 0.6) is 11.5 Å². The van der Waals surface area contributed by atoms with Gasteiger partial charge in [-0.05, 0) is 92.0 Å². The molecule has 4 aliphatic rings. The van der Waals surface area contributed by atoms with Gasteiger partial charge in [-0.2, -0.15) is 0 Å². The summed E-state index contributed by atoms with van der Waals surface area (Å²) in [5.74, 6) is -0.0941. The van der Waals surface area contributed by atoms with E-state index >= 15 is 0 Å². The van der Waals surface area contributed by atoms with Gasteiger partial charge in [0, 0.05) is 31.7 Å². The van der Waals surface area contributed by atoms with Crippen molar-refractivity contribution in [2.45, 2.75) is 23.0 Å². The average Bonchev–Trinajstić information content (AvgIpc) is 3.66. The van der Waals surface area contributed by atoms with E-state index < -0.39 is 28.5 Å². The first-order valence-corrected chi connectivity index (χ1v) is 22.5. The zero-order valence-electron chi connectivity index (χ0n) is 37.0. The lowest BCUT2D eigenvalue weighted by molar-refractivity contribution is -0.174. The van der Waals surface area contributed by atoms with E-state index in [1.54, 1.807) is 14.2 Å². The van der Waals surface area contributed by atoms with Crippen LogP contribution in [0.1, 0.15) is 50.9 Å². The van der Waals surface area contributed by atoms with Crippen molar-refractivity contribution in [3.05, 3.63) is 202 Å². The summed E-state index contributed by atoms with van der Waals surface area (Å²) in [6.07, 6.45) is 1.47. The van der Waals surface area contributed by atoms with Crippen molar-refractivity contribution in [1.29, 1.82) is 0 Å². The van der Waals surface area contributed by atoms with Gasteiger partial charge in [0.15, 0.2) is 0 Å². The lowest BCUT2D eigenvalue weighted by atomic mass is 9.54. The molecular weight excluding hydrogens is 856 g/mol. The SMILES string of the molecule is C=CC(=O)OCCOCCOc1ccc(C2(c3ccc(OCCOCCOC(=O)C4CC5(OC)c6ccccc6C4(OC)c4ccc(Cl)cc45)cc3)c3ccccc3-c3ccccc32)cc1. The maximum atomic E-state index is 14.0. The highest BCUT2D eigenvalue weighted by Gasteiger charge is 2.64. The Hall–Kier alpha value is -6.27. The average molecular weight is 907 g/mol. The fraction of sp³-hybridized carbons (Fsp3) is 0.273. The smallest absolute Gasteiger partial charge is 0.330 e. The number of carbonyl (C=O) groups excluding carboxylic acids is 2. The number of carbonyl (C=O) groups is 2. The van der Waals surface area contributed by atoms with Gasteiger partial charge < -0.3 is 37.9 Å². The van der Waals surface area contributed by atoms with Gasteiger partial charge in [0.2, 0.25) is 0 Å². The molecule has 6 aromatic carbocycles. The van der Waals surface area contributed by atoms with E-state index in [2.05, 4.69) is 79.4 Å². The van der Waals surface area contributed by atoms with Gasteiger partial charge >= 0.3 is 11.9 Å². The molecule has 0 fully saturated rings. The maximum absolute atomic E-state index is 14.0. The monoisotopic (exact) mass is 906 g/mol. The summed E-state index contributed by atoms with van der Waals surface area (Å²) in [5, 5.41) is 0.586. The minimum absolute atomic E-state index is 0.0715. The molecule has 0 spiro atoms. The van der Waals surface area contributed by atoms with Crippen LogP contribution in [0.3, 0.4) is 0 Å². The van der Waals surface area contributed by atoms with Crippen LogP contribution in [-0.4, -0.2) is 79.0 Å². The molecule has 2 bridgehead atoms. The zero-order valence-corrected chi connectivity index (χ0v) is 37.7. The Bertz CT molecular complexity index is 2670. The van der Waals surface area contributed by atoms with Gasteiger partial charge in [0.1, 0.15) is 49.1 Å². The van der Waals surface area contributed by atoms with Crippen LogP contribution in [-0.2, 0) is 54.6 Å². The van der Waals surface area contributed by atoms with Gasteiger partial charge in [0.05, 0.1) is 37.8 Å². The van der Waals surface area contributed by atoms with E-state index in [1.807, 2.05) is 66.7 Å². The lowest BCUT2D eigenvalue weighted by Gasteiger charge is -2.56. The number of rotatable bonds is 20. The molecule has 338 valence electrons. The van der Waals surface area contributed by atoms with Crippen LogP contribution in [0.2, 0.25) is 5.02 Å². The first-order chi connectivity index (χ1) is 32.3. The number of ether oxygens (including phenoxy) is 8. The highest BCUT2D eigenvalue weighted by atomic mass is 35.5. The van der Waals surface area contributed by atoms with Crippen molar-refractivity contribution in [3.8, 4) is 22.6 Å². The summed E-state index contributed by atoms with van der Waals surface area (Å²) in [5.41, 5.74) is 8.01. The molecular formula is C55H51ClO10. The highest BCUT2D eigenvalue weighted by molar-refractivity contribution is 6.30. The number of fused-ring (bicyclic) bond motifs is 4. The molecule has 3 unspecified atom stereocenters. The molecule has 6 aromatic rings. The number of esters is 2. The van der Waals surface area contributed by atoms with Crippen molar-refractivity contribution < 1.29 is 47.5 Å². The van der Waals surface area contributed by atoms with Crippen LogP contribution in [0.25, 0.3) is 11.1 Å². The maximum Gasteiger partial charge on any atom is 0.330 e. The summed E-state index contributed by atoms with van der Waals surface area (Å²) in [4.78, 5) is 25.2. The van der Waals surface area contributed by atoms with Crippen LogP contribution in [0, 0.1) is 5.92 Å². The predicted octanol–water partition coefficient (Wildman–Crippen LogP) is 9.58. The first kappa shape index (κ1) is 44.9. The van der Waals surface area contributed by atoms with E-state index in [1.165, 1.54) is 22.3 Å². The molecule has 0 saturated heterocycles. The third kappa shape index (κ3) is 7.76. The van der Waals surface area contributed by atoms with Crippen molar-refractivity contribution in [1.82, 2.24) is 0 Å². The minimum Gasteiger partial charge on any atom is -0.491 e. The minimum atomic E-state index is -1.06. The summed E-state index contributed by atoms with van der Waals surface area (Å²) < 4.78 is 47.1. The summed E-state index contributed by atoms with van der Waals surface area (Å²) in [6, 6.07) is 47.3. The van der Waals surface area contributed by atoms with Crippen molar-refractivity contribution in [2.75, 3.05) is 67.1 Å². The molecule has 3 atom stereocenters. The Kier molecular flexibility index (Phi) is 13.1. The molecule has 0 aromatic heterocycles. The Morgan fingerprint density at radius 3 is 1.62 bits per heavy atom. The van der Waals surface area contributed by atoms with Crippen LogP contribution >= 0.6 is 11.6 Å². The lowest BCUT2D eigenvalue weighted by Crippen LogP contribution is -2.58. The van der Waals surface area contributed by atoms with Crippen LogP contribution in [0.4, 0.5) is 0 Å². The van der Waals surface area contributed by atoms with E-state index in [9.17, 15) is 9.59 Å². The zero-order chi connectivity index (χ0) is 45.7. The van der Waals surface area contributed by atoms with E-state index in [0.717, 1.165) is 45.2 Å². The fourth-order valence-electron chi connectivity index (χ4n) is 10.4. The molecule has 10 rings (SSSR count). The Morgan fingerprint density at radius 1 is 0.576 bits per heavy atom. The van der Waals surface area contributed by atoms with Crippen molar-refractivity contribution in [3.63, 3.8) is 0 Å². The van der Waals surface area contributed by atoms with Gasteiger partial charge in [-0.15, -0.1) is 0 Å². The van der Waals surface area contributed by atoms with Gasteiger partial charge in [-0.3, -0.25) is 4.79 Å². The second kappa shape index (κ2) is 19.3. The third-order valence-corrected chi connectivity index (χ3v) is 13.4. The van der Waals surface area contributed by atoms with E-state index in [4.69, 9.17) is 49.5 Å². The normalized spacial score (nSPS) is 19.2. The first-order valence-electron chi connectivity index (χ1n) is 22.1. The number of methoxy groups -OCH3 is 2. The van der Waals surface area contributed by atoms with Crippen molar-refractivity contribution in [2.24, 2.45) is 5.92 Å². The largest absolute Gasteiger partial charge is 0.491 e. The topological polar surface area (TPSA) is 108 Å². The Morgan fingerprint density at radius 2 is 1.08 bits per heavy atom. The molecule has 0 radical (unpaired) electrons. The molecule has 0 saturated carbocycles. The van der Waals surface area contributed by atoms with Gasteiger partial charge in [-0.25, -0.2) is 4.79 Å². The van der Waals surface area contributed by atoms with Crippen LogP contribution in [0.15, 0.2) is 152 Å². The molecule has 0 heterocycles. The number of hydrogen-bond acceptors (Lipinski definition) is 10.